The van der Waals surface area contributed by atoms with Crippen molar-refractivity contribution in [2.75, 3.05) is 6.54 Å². The summed E-state index contributed by atoms with van der Waals surface area (Å²) in [6.45, 7) is 9.08. The van der Waals surface area contributed by atoms with Crippen LogP contribution in [0.1, 0.15) is 47.9 Å². The van der Waals surface area contributed by atoms with E-state index in [9.17, 15) is 0 Å². The molecule has 1 aromatic rings. The lowest BCUT2D eigenvalue weighted by atomic mass is 9.89. The van der Waals surface area contributed by atoms with E-state index in [1.807, 2.05) is 11.3 Å². The van der Waals surface area contributed by atoms with E-state index >= 15 is 0 Å². The molecule has 0 atom stereocenters. The first-order valence-electron chi connectivity index (χ1n) is 6.36. The fourth-order valence-corrected chi connectivity index (χ4v) is 3.71. The van der Waals surface area contributed by atoms with Crippen molar-refractivity contribution in [3.8, 4) is 0 Å². The topological polar surface area (TPSA) is 12.0 Å². The summed E-state index contributed by atoms with van der Waals surface area (Å²) >= 11 is 1.91. The van der Waals surface area contributed by atoms with Gasteiger partial charge in [-0.15, -0.1) is 11.3 Å². The van der Waals surface area contributed by atoms with Crippen molar-refractivity contribution < 1.29 is 0 Å². The number of aryl methyl sites for hydroxylation is 2. The van der Waals surface area contributed by atoms with Gasteiger partial charge in [-0.25, -0.2) is 0 Å². The van der Waals surface area contributed by atoms with Crippen LogP contribution in [-0.4, -0.2) is 6.54 Å². The van der Waals surface area contributed by atoms with Crippen molar-refractivity contribution in [2.24, 2.45) is 5.41 Å². The van der Waals surface area contributed by atoms with E-state index < -0.39 is 0 Å². The standard InChI is InChI=1S/C14H23NS/c1-11-8-13(12(2)16-11)9-15-10-14(3)6-4-5-7-14/h8,15H,4-7,9-10H2,1-3H3. The highest BCUT2D eigenvalue weighted by Gasteiger charge is 2.27. The molecule has 1 fully saturated rings. The monoisotopic (exact) mass is 237 g/mol. The van der Waals surface area contributed by atoms with Gasteiger partial charge in [0.15, 0.2) is 0 Å². The molecular weight excluding hydrogens is 214 g/mol. The van der Waals surface area contributed by atoms with Crippen molar-refractivity contribution in [3.05, 3.63) is 21.4 Å². The summed E-state index contributed by atoms with van der Waals surface area (Å²) in [5.41, 5.74) is 2.06. The second kappa shape index (κ2) is 4.89. The molecule has 1 aliphatic rings. The first kappa shape index (κ1) is 12.1. The Morgan fingerprint density at radius 1 is 1.31 bits per heavy atom. The van der Waals surface area contributed by atoms with Gasteiger partial charge in [0.1, 0.15) is 0 Å². The molecule has 16 heavy (non-hydrogen) atoms. The van der Waals surface area contributed by atoms with Gasteiger partial charge in [-0.05, 0) is 43.7 Å². The summed E-state index contributed by atoms with van der Waals surface area (Å²) in [5, 5.41) is 3.64. The molecule has 0 saturated heterocycles. The lowest BCUT2D eigenvalue weighted by molar-refractivity contribution is 0.314. The Kier molecular flexibility index (Phi) is 3.70. The molecule has 0 aliphatic heterocycles. The molecule has 2 rings (SSSR count). The third-order valence-electron chi connectivity index (χ3n) is 3.82. The predicted molar refractivity (Wildman–Crippen MR) is 72.1 cm³/mol. The van der Waals surface area contributed by atoms with Gasteiger partial charge in [0.2, 0.25) is 0 Å². The maximum atomic E-state index is 3.64. The van der Waals surface area contributed by atoms with Crippen LogP contribution in [0, 0.1) is 19.3 Å². The van der Waals surface area contributed by atoms with Crippen LogP contribution in [0.15, 0.2) is 6.07 Å². The van der Waals surface area contributed by atoms with Crippen LogP contribution in [0.3, 0.4) is 0 Å². The Bertz CT molecular complexity index is 348. The second-order valence-electron chi connectivity index (χ2n) is 5.56. The quantitative estimate of drug-likeness (QED) is 0.833. The van der Waals surface area contributed by atoms with E-state index in [1.165, 1.54) is 47.5 Å². The molecule has 0 amide bonds. The maximum Gasteiger partial charge on any atom is 0.0216 e. The van der Waals surface area contributed by atoms with Crippen LogP contribution in [-0.2, 0) is 6.54 Å². The fourth-order valence-electron chi connectivity index (χ4n) is 2.76. The lowest BCUT2D eigenvalue weighted by Gasteiger charge is -2.23. The third kappa shape index (κ3) is 2.86. The zero-order valence-corrected chi connectivity index (χ0v) is 11.5. The number of nitrogens with one attached hydrogen (secondary N) is 1. The normalized spacial score (nSPS) is 19.2. The average molecular weight is 237 g/mol. The summed E-state index contributed by atoms with van der Waals surface area (Å²) in [6, 6.07) is 2.32. The van der Waals surface area contributed by atoms with Crippen LogP contribution in [0.5, 0.6) is 0 Å². The maximum absolute atomic E-state index is 3.64. The van der Waals surface area contributed by atoms with E-state index in [4.69, 9.17) is 0 Å². The van der Waals surface area contributed by atoms with Crippen molar-refractivity contribution >= 4 is 11.3 Å². The molecule has 2 heteroatoms. The van der Waals surface area contributed by atoms with Crippen molar-refractivity contribution in [1.29, 1.82) is 0 Å². The van der Waals surface area contributed by atoms with E-state index in [1.54, 1.807) is 0 Å². The Labute approximate surface area is 103 Å². The minimum absolute atomic E-state index is 0.568. The van der Waals surface area contributed by atoms with Crippen LogP contribution in [0.4, 0.5) is 0 Å². The van der Waals surface area contributed by atoms with Crippen LogP contribution in [0.25, 0.3) is 0 Å². The molecule has 0 aromatic carbocycles. The zero-order chi connectivity index (χ0) is 11.6. The summed E-state index contributed by atoms with van der Waals surface area (Å²) in [7, 11) is 0. The Hall–Kier alpha value is -0.340. The molecule has 1 saturated carbocycles. The van der Waals surface area contributed by atoms with Crippen LogP contribution in [0.2, 0.25) is 0 Å². The predicted octanol–water partition coefficient (Wildman–Crippen LogP) is 4.03. The van der Waals surface area contributed by atoms with Crippen molar-refractivity contribution in [3.63, 3.8) is 0 Å². The summed E-state index contributed by atoms with van der Waals surface area (Å²) < 4.78 is 0. The molecule has 0 unspecified atom stereocenters. The first-order valence-corrected chi connectivity index (χ1v) is 7.17. The molecule has 1 N–H and O–H groups in total. The van der Waals surface area contributed by atoms with Gasteiger partial charge in [-0.2, -0.15) is 0 Å². The van der Waals surface area contributed by atoms with Gasteiger partial charge < -0.3 is 5.32 Å². The molecule has 0 radical (unpaired) electrons. The molecular formula is C14H23NS. The van der Waals surface area contributed by atoms with Gasteiger partial charge in [-0.1, -0.05) is 19.8 Å². The number of hydrogen-bond donors (Lipinski definition) is 1. The Morgan fingerprint density at radius 3 is 2.56 bits per heavy atom. The van der Waals surface area contributed by atoms with Crippen molar-refractivity contribution in [2.45, 2.75) is 53.0 Å². The van der Waals surface area contributed by atoms with Gasteiger partial charge in [0, 0.05) is 22.8 Å². The van der Waals surface area contributed by atoms with Gasteiger partial charge in [0.25, 0.3) is 0 Å². The Balaban J connectivity index is 1.81. The third-order valence-corrected chi connectivity index (χ3v) is 4.83. The lowest BCUT2D eigenvalue weighted by Crippen LogP contribution is -2.29. The number of hydrogen-bond acceptors (Lipinski definition) is 2. The summed E-state index contributed by atoms with van der Waals surface area (Å²) in [6.07, 6.45) is 5.66. The summed E-state index contributed by atoms with van der Waals surface area (Å²) in [4.78, 5) is 2.91. The van der Waals surface area contributed by atoms with Crippen LogP contribution < -0.4 is 5.32 Å². The highest BCUT2D eigenvalue weighted by atomic mass is 32.1. The van der Waals surface area contributed by atoms with Crippen LogP contribution >= 0.6 is 11.3 Å². The Morgan fingerprint density at radius 2 is 2.00 bits per heavy atom. The van der Waals surface area contributed by atoms with E-state index in [2.05, 4.69) is 32.2 Å². The minimum atomic E-state index is 0.568. The molecule has 1 nitrogen and oxygen atoms in total. The molecule has 90 valence electrons. The molecule has 1 aromatic heterocycles. The van der Waals surface area contributed by atoms with Gasteiger partial charge >= 0.3 is 0 Å². The van der Waals surface area contributed by atoms with E-state index in [0.29, 0.717) is 5.41 Å². The SMILES string of the molecule is Cc1cc(CNCC2(C)CCCC2)c(C)s1. The fraction of sp³-hybridized carbons (Fsp3) is 0.714. The average Bonchev–Trinajstić information content (AvgIpc) is 2.75. The minimum Gasteiger partial charge on any atom is -0.312 e. The molecule has 0 spiro atoms. The molecule has 1 aliphatic carbocycles. The largest absolute Gasteiger partial charge is 0.312 e. The first-order chi connectivity index (χ1) is 7.59. The molecule has 0 bridgehead atoms. The zero-order valence-electron chi connectivity index (χ0n) is 10.7. The highest BCUT2D eigenvalue weighted by Crippen LogP contribution is 2.36. The number of thiophene rings is 1. The summed E-state index contributed by atoms with van der Waals surface area (Å²) in [5.74, 6) is 0. The number of rotatable bonds is 4. The molecule has 1 heterocycles. The van der Waals surface area contributed by atoms with Crippen molar-refractivity contribution in [1.82, 2.24) is 5.32 Å². The van der Waals surface area contributed by atoms with E-state index in [0.717, 1.165) is 6.54 Å². The van der Waals surface area contributed by atoms with E-state index in [-0.39, 0.29) is 0 Å². The highest BCUT2D eigenvalue weighted by molar-refractivity contribution is 7.12. The smallest absolute Gasteiger partial charge is 0.0216 e. The van der Waals surface area contributed by atoms with Gasteiger partial charge in [-0.3, -0.25) is 0 Å². The second-order valence-corrected chi connectivity index (χ2v) is 7.02. The van der Waals surface area contributed by atoms with Gasteiger partial charge in [0.05, 0.1) is 0 Å².